The van der Waals surface area contributed by atoms with Gasteiger partial charge in [0.15, 0.2) is 0 Å². The smallest absolute Gasteiger partial charge is 0.285 e. The van der Waals surface area contributed by atoms with E-state index in [-0.39, 0.29) is 5.69 Å². The zero-order valence-corrected chi connectivity index (χ0v) is 7.91. The van der Waals surface area contributed by atoms with Gasteiger partial charge < -0.3 is 5.73 Å². The fraction of sp³-hybridized carbons (Fsp3) is 0.250. The summed E-state index contributed by atoms with van der Waals surface area (Å²) in [6.07, 6.45) is 0.998. The molecule has 1 aromatic rings. The molecule has 0 aliphatic carbocycles. The number of hydrogen-bond acceptors (Lipinski definition) is 4. The van der Waals surface area contributed by atoms with Crippen LogP contribution in [0.4, 0.5) is 5.69 Å². The van der Waals surface area contributed by atoms with E-state index in [2.05, 4.69) is 0 Å². The molecule has 0 aromatic carbocycles. The van der Waals surface area contributed by atoms with Crippen molar-refractivity contribution >= 4 is 11.6 Å². The monoisotopic (exact) mass is 211 g/mol. The van der Waals surface area contributed by atoms with Gasteiger partial charge in [0.25, 0.3) is 11.2 Å². The first-order valence-corrected chi connectivity index (χ1v) is 4.09. The van der Waals surface area contributed by atoms with E-state index >= 15 is 0 Å². The van der Waals surface area contributed by atoms with Crippen molar-refractivity contribution in [3.63, 3.8) is 0 Å². The number of nitrogens with zero attached hydrogens (tertiary/aromatic N) is 2. The minimum absolute atomic E-state index is 0.261. The predicted octanol–water partition coefficient (Wildman–Crippen LogP) is -0.197. The summed E-state index contributed by atoms with van der Waals surface area (Å²) < 4.78 is 0.931. The van der Waals surface area contributed by atoms with Crippen LogP contribution in [0.25, 0.3) is 0 Å². The molecule has 0 saturated heterocycles. The fourth-order valence-electron chi connectivity index (χ4n) is 1.04. The highest BCUT2D eigenvalue weighted by Crippen LogP contribution is 2.10. The first-order chi connectivity index (χ1) is 6.93. The van der Waals surface area contributed by atoms with Crippen LogP contribution in [0.2, 0.25) is 0 Å². The van der Waals surface area contributed by atoms with Crippen molar-refractivity contribution in [3.05, 3.63) is 38.8 Å². The lowest BCUT2D eigenvalue weighted by molar-refractivity contribution is -0.385. The third-order valence-corrected chi connectivity index (χ3v) is 1.96. The topological polar surface area (TPSA) is 108 Å². The van der Waals surface area contributed by atoms with Crippen LogP contribution >= 0.6 is 0 Å². The Morgan fingerprint density at radius 3 is 2.67 bits per heavy atom. The third kappa shape index (κ3) is 2.19. The molecule has 0 unspecified atom stereocenters. The lowest BCUT2D eigenvalue weighted by Crippen LogP contribution is -2.31. The molecule has 80 valence electrons. The second-order valence-corrected chi connectivity index (χ2v) is 2.97. The molecule has 0 aliphatic rings. The molecule has 2 N–H and O–H groups in total. The maximum Gasteiger partial charge on any atom is 0.285 e. The van der Waals surface area contributed by atoms with Gasteiger partial charge in [0.05, 0.1) is 11.1 Å². The van der Waals surface area contributed by atoms with Crippen LogP contribution in [0, 0.1) is 10.1 Å². The van der Waals surface area contributed by atoms with Crippen molar-refractivity contribution < 1.29 is 9.72 Å². The highest BCUT2D eigenvalue weighted by molar-refractivity contribution is 5.77. The summed E-state index contributed by atoms with van der Waals surface area (Å²) in [5, 5.41) is 10.4. The second-order valence-electron chi connectivity index (χ2n) is 2.97. The Bertz CT molecular complexity index is 465. The SMILES string of the molecule is C[C@@H](C(N)=O)n1cc([N+](=O)[O-])ccc1=O. The molecule has 0 aliphatic heterocycles. The van der Waals surface area contributed by atoms with Crippen LogP contribution in [0.3, 0.4) is 0 Å². The molecule has 0 spiro atoms. The minimum atomic E-state index is -0.905. The van der Waals surface area contributed by atoms with Gasteiger partial charge in [-0.05, 0) is 6.92 Å². The van der Waals surface area contributed by atoms with Gasteiger partial charge in [-0.25, -0.2) is 0 Å². The van der Waals surface area contributed by atoms with Crippen molar-refractivity contribution in [1.82, 2.24) is 4.57 Å². The zero-order chi connectivity index (χ0) is 11.6. The van der Waals surface area contributed by atoms with E-state index in [4.69, 9.17) is 5.73 Å². The number of primary amides is 1. The molecule has 15 heavy (non-hydrogen) atoms. The number of aromatic nitrogens is 1. The van der Waals surface area contributed by atoms with Crippen molar-refractivity contribution in [2.75, 3.05) is 0 Å². The van der Waals surface area contributed by atoms with Gasteiger partial charge in [0.2, 0.25) is 5.91 Å². The van der Waals surface area contributed by atoms with E-state index in [1.54, 1.807) is 0 Å². The van der Waals surface area contributed by atoms with Gasteiger partial charge in [0, 0.05) is 12.1 Å². The Morgan fingerprint density at radius 2 is 2.20 bits per heavy atom. The van der Waals surface area contributed by atoms with E-state index in [0.29, 0.717) is 0 Å². The normalized spacial score (nSPS) is 12.1. The molecule has 0 saturated carbocycles. The van der Waals surface area contributed by atoms with Crippen molar-refractivity contribution in [1.29, 1.82) is 0 Å². The molecule has 1 atom stereocenters. The third-order valence-electron chi connectivity index (χ3n) is 1.96. The second kappa shape index (κ2) is 3.91. The van der Waals surface area contributed by atoms with E-state index in [1.165, 1.54) is 6.92 Å². The summed E-state index contributed by atoms with van der Waals surface area (Å²) in [6.45, 7) is 1.40. The molecule has 1 heterocycles. The van der Waals surface area contributed by atoms with Crippen LogP contribution in [-0.2, 0) is 4.79 Å². The molecule has 0 fully saturated rings. The highest BCUT2D eigenvalue weighted by Gasteiger charge is 2.15. The first-order valence-electron chi connectivity index (χ1n) is 4.09. The number of carbonyl (C=O) groups is 1. The van der Waals surface area contributed by atoms with Gasteiger partial charge in [-0.2, -0.15) is 0 Å². The summed E-state index contributed by atoms with van der Waals surface area (Å²) in [6, 6.07) is 1.20. The zero-order valence-electron chi connectivity index (χ0n) is 7.91. The number of amides is 1. The summed E-state index contributed by atoms with van der Waals surface area (Å²) in [4.78, 5) is 31.9. The number of carbonyl (C=O) groups excluding carboxylic acids is 1. The van der Waals surface area contributed by atoms with Crippen LogP contribution < -0.4 is 11.3 Å². The Balaban J connectivity index is 3.28. The molecule has 1 aromatic heterocycles. The summed E-state index contributed by atoms with van der Waals surface area (Å²) >= 11 is 0. The summed E-state index contributed by atoms with van der Waals surface area (Å²) in [5.41, 5.74) is 4.23. The fourth-order valence-corrected chi connectivity index (χ4v) is 1.04. The van der Waals surface area contributed by atoms with E-state index in [1.807, 2.05) is 0 Å². The first kappa shape index (κ1) is 10.9. The largest absolute Gasteiger partial charge is 0.368 e. The van der Waals surface area contributed by atoms with Crippen molar-refractivity contribution in [2.24, 2.45) is 5.73 Å². The quantitative estimate of drug-likeness (QED) is 0.551. The standard InChI is InChI=1S/C8H9N3O4/c1-5(8(9)13)10-4-6(11(14)15)2-3-7(10)12/h2-5H,1H3,(H2,9,13)/t5-/m0/s1. The predicted molar refractivity (Wildman–Crippen MR) is 51.3 cm³/mol. The molecule has 1 amide bonds. The molecule has 1 rings (SSSR count). The summed E-state index contributed by atoms with van der Waals surface area (Å²) in [7, 11) is 0. The Hall–Kier alpha value is -2.18. The average molecular weight is 211 g/mol. The van der Waals surface area contributed by atoms with Gasteiger partial charge in [-0.3, -0.25) is 24.3 Å². The lowest BCUT2D eigenvalue weighted by Gasteiger charge is -2.09. The number of nitrogens with two attached hydrogens (primary N) is 1. The average Bonchev–Trinajstić information content (AvgIpc) is 2.16. The molecule has 0 bridgehead atoms. The number of rotatable bonds is 3. The molecule has 7 heteroatoms. The van der Waals surface area contributed by atoms with E-state index in [0.717, 1.165) is 22.9 Å². The highest BCUT2D eigenvalue weighted by atomic mass is 16.6. The van der Waals surface area contributed by atoms with Gasteiger partial charge in [0.1, 0.15) is 6.04 Å². The molecular weight excluding hydrogens is 202 g/mol. The van der Waals surface area contributed by atoms with E-state index < -0.39 is 22.4 Å². The van der Waals surface area contributed by atoms with Crippen molar-refractivity contribution in [3.8, 4) is 0 Å². The van der Waals surface area contributed by atoms with Crippen LogP contribution in [0.5, 0.6) is 0 Å². The maximum atomic E-state index is 11.3. The van der Waals surface area contributed by atoms with Gasteiger partial charge in [-0.1, -0.05) is 0 Å². The maximum absolute atomic E-state index is 11.3. The Labute approximate surface area is 84.3 Å². The number of nitro groups is 1. The van der Waals surface area contributed by atoms with Crippen molar-refractivity contribution in [2.45, 2.75) is 13.0 Å². The van der Waals surface area contributed by atoms with Crippen LogP contribution in [0.1, 0.15) is 13.0 Å². The number of pyridine rings is 1. The Morgan fingerprint density at radius 1 is 1.60 bits per heavy atom. The molecule has 0 radical (unpaired) electrons. The molecule has 7 nitrogen and oxygen atoms in total. The minimum Gasteiger partial charge on any atom is -0.368 e. The lowest BCUT2D eigenvalue weighted by atomic mass is 10.3. The molecular formula is C8H9N3O4. The Kier molecular flexibility index (Phi) is 2.84. The summed E-state index contributed by atoms with van der Waals surface area (Å²) in [5.74, 6) is -0.724. The van der Waals surface area contributed by atoms with Gasteiger partial charge >= 0.3 is 0 Å². The number of hydrogen-bond donors (Lipinski definition) is 1. The van der Waals surface area contributed by atoms with Gasteiger partial charge in [-0.15, -0.1) is 0 Å². The van der Waals surface area contributed by atoms with E-state index in [9.17, 15) is 19.7 Å². The van der Waals surface area contributed by atoms with Crippen LogP contribution in [0.15, 0.2) is 23.1 Å². The van der Waals surface area contributed by atoms with Crippen LogP contribution in [-0.4, -0.2) is 15.4 Å².